The van der Waals surface area contributed by atoms with Gasteiger partial charge in [-0.25, -0.2) is 0 Å². The van der Waals surface area contributed by atoms with E-state index in [0.717, 1.165) is 12.8 Å². The number of hydrogen-bond donors (Lipinski definition) is 0. The van der Waals surface area contributed by atoms with Gasteiger partial charge < -0.3 is 14.7 Å². The molecule has 9 aromatic carbocycles. The van der Waals surface area contributed by atoms with Gasteiger partial charge in [-0.15, -0.1) is 0 Å². The third-order valence-corrected chi connectivity index (χ3v) is 19.6. The van der Waals surface area contributed by atoms with Crippen LogP contribution in [-0.4, -0.2) is 12.3 Å². The van der Waals surface area contributed by atoms with Crippen molar-refractivity contribution in [1.29, 1.82) is 0 Å². The summed E-state index contributed by atoms with van der Waals surface area (Å²) in [4.78, 5) is 8.25. The van der Waals surface area contributed by atoms with Gasteiger partial charge in [-0.2, -0.15) is 0 Å². The molecule has 4 heteroatoms. The quantitative estimate of drug-likeness (QED) is 0.154. The number of rotatable bonds is 6. The molecule has 82 heavy (non-hydrogen) atoms. The highest BCUT2D eigenvalue weighted by atomic mass is 15.3. The molecule has 0 amide bonds. The molecule has 0 spiro atoms. The zero-order valence-corrected chi connectivity index (χ0v) is 51.2. The van der Waals surface area contributed by atoms with E-state index in [2.05, 4.69) is 306 Å². The molecule has 1 saturated carbocycles. The summed E-state index contributed by atoms with van der Waals surface area (Å²) in [6.07, 6.45) is 4.68. The molecule has 0 radical (unpaired) electrons. The minimum absolute atomic E-state index is 0.0131. The summed E-state index contributed by atoms with van der Waals surface area (Å²) < 4.78 is 0. The van der Waals surface area contributed by atoms with E-state index >= 15 is 0 Å². The average molecular weight is 1070 g/mol. The van der Waals surface area contributed by atoms with Gasteiger partial charge in [0.1, 0.15) is 0 Å². The number of nitrogens with zero attached hydrogens (tertiary/aromatic N) is 3. The smallest absolute Gasteiger partial charge is 0.252 e. The molecule has 3 aliphatic heterocycles. The Kier molecular flexibility index (Phi) is 12.4. The van der Waals surface area contributed by atoms with E-state index in [0.29, 0.717) is 0 Å². The fourth-order valence-electron chi connectivity index (χ4n) is 14.6. The van der Waals surface area contributed by atoms with Crippen LogP contribution < -0.4 is 31.1 Å². The molecule has 0 saturated heterocycles. The van der Waals surface area contributed by atoms with Gasteiger partial charge >= 0.3 is 0 Å². The van der Waals surface area contributed by atoms with Crippen LogP contribution in [0.15, 0.2) is 194 Å². The van der Waals surface area contributed by atoms with Gasteiger partial charge in [0, 0.05) is 50.7 Å². The molecule has 1 fully saturated rings. The van der Waals surface area contributed by atoms with Crippen LogP contribution in [-0.2, 0) is 27.1 Å². The third kappa shape index (κ3) is 8.59. The molecule has 2 atom stereocenters. The van der Waals surface area contributed by atoms with E-state index in [1.54, 1.807) is 0 Å². The first-order valence-electron chi connectivity index (χ1n) is 30.4. The lowest BCUT2D eigenvalue weighted by Crippen LogP contribution is -2.61. The molecular formula is C78H82BN3. The van der Waals surface area contributed by atoms with Crippen molar-refractivity contribution < 1.29 is 0 Å². The molecular weight excluding hydrogens is 990 g/mol. The Bertz CT molecular complexity index is 3960. The van der Waals surface area contributed by atoms with Gasteiger partial charge in [-0.3, -0.25) is 0 Å². The van der Waals surface area contributed by atoms with Crippen molar-refractivity contribution in [3.05, 3.63) is 222 Å². The fourth-order valence-corrected chi connectivity index (χ4v) is 14.6. The Labute approximate surface area is 491 Å². The second-order valence-corrected chi connectivity index (χ2v) is 29.0. The maximum absolute atomic E-state index is 2.84. The SMILES string of the molecule is CC(C)(C)c1ccc(N2c3cc(-c4ccccc4)ccc3B3c4ccc(C(C)(C)C)cc4N(c4ccc(C(C)(C)C)cc4-c4ccccc4)c4cc(N5c6ccc(C(C)(C)C)cc6C6(C)CCCCC56C)cc2c43)c(-c2ccccc2)c1. The molecule has 0 aromatic heterocycles. The summed E-state index contributed by atoms with van der Waals surface area (Å²) in [5.74, 6) is 0. The molecule has 0 bridgehead atoms. The van der Waals surface area contributed by atoms with Crippen molar-refractivity contribution in [3.63, 3.8) is 0 Å². The average Bonchev–Trinajstić information content (AvgIpc) is 1.33. The second-order valence-electron chi connectivity index (χ2n) is 29.0. The predicted molar refractivity (Wildman–Crippen MR) is 354 cm³/mol. The van der Waals surface area contributed by atoms with Crippen LogP contribution in [0.3, 0.4) is 0 Å². The topological polar surface area (TPSA) is 9.72 Å². The first kappa shape index (κ1) is 53.7. The summed E-state index contributed by atoms with van der Waals surface area (Å²) in [7, 11) is 0. The Morgan fingerprint density at radius 3 is 1.27 bits per heavy atom. The first-order chi connectivity index (χ1) is 38.9. The lowest BCUT2D eigenvalue weighted by atomic mass is 9.33. The van der Waals surface area contributed by atoms with Gasteiger partial charge in [0.25, 0.3) is 6.71 Å². The highest BCUT2D eigenvalue weighted by Gasteiger charge is 2.58. The molecule has 1 aliphatic carbocycles. The van der Waals surface area contributed by atoms with E-state index < -0.39 is 0 Å². The monoisotopic (exact) mass is 1070 g/mol. The van der Waals surface area contributed by atoms with Gasteiger partial charge in [-0.1, -0.05) is 242 Å². The first-order valence-corrected chi connectivity index (χ1v) is 30.4. The van der Waals surface area contributed by atoms with Crippen LogP contribution in [0.5, 0.6) is 0 Å². The predicted octanol–water partition coefficient (Wildman–Crippen LogP) is 19.7. The van der Waals surface area contributed by atoms with Crippen LogP contribution in [0.4, 0.5) is 45.5 Å². The number of benzene rings is 9. The third-order valence-electron chi connectivity index (χ3n) is 19.6. The van der Waals surface area contributed by atoms with E-state index in [4.69, 9.17) is 0 Å². The molecule has 0 N–H and O–H groups in total. The van der Waals surface area contributed by atoms with E-state index in [1.165, 1.54) is 136 Å². The summed E-state index contributed by atoms with van der Waals surface area (Å²) >= 11 is 0. The van der Waals surface area contributed by atoms with Crippen molar-refractivity contribution in [2.24, 2.45) is 0 Å². The van der Waals surface area contributed by atoms with Crippen LogP contribution in [0, 0.1) is 0 Å². The minimum atomic E-state index is -0.202. The molecule has 13 rings (SSSR count). The summed E-state index contributed by atoms with van der Waals surface area (Å²) in [5, 5.41) is 0. The lowest BCUT2D eigenvalue weighted by Gasteiger charge is -2.51. The normalized spacial score (nSPS) is 18.4. The molecule has 2 unspecified atom stereocenters. The highest BCUT2D eigenvalue weighted by molar-refractivity contribution is 7.00. The van der Waals surface area contributed by atoms with Gasteiger partial charge in [0.15, 0.2) is 0 Å². The maximum Gasteiger partial charge on any atom is 0.252 e. The Hall–Kier alpha value is -7.56. The molecule has 3 nitrogen and oxygen atoms in total. The molecule has 3 heterocycles. The largest absolute Gasteiger partial charge is 0.334 e. The van der Waals surface area contributed by atoms with Gasteiger partial charge in [0.2, 0.25) is 0 Å². The van der Waals surface area contributed by atoms with Crippen molar-refractivity contribution in [3.8, 4) is 33.4 Å². The van der Waals surface area contributed by atoms with E-state index in [-0.39, 0.29) is 39.3 Å². The molecule has 9 aromatic rings. The van der Waals surface area contributed by atoms with Crippen molar-refractivity contribution in [2.75, 3.05) is 14.7 Å². The zero-order chi connectivity index (χ0) is 57.5. The Balaban J connectivity index is 1.21. The zero-order valence-electron chi connectivity index (χ0n) is 51.2. The van der Waals surface area contributed by atoms with Crippen molar-refractivity contribution >= 4 is 68.6 Å². The van der Waals surface area contributed by atoms with Gasteiger partial charge in [0.05, 0.1) is 16.9 Å². The molecule has 412 valence electrons. The van der Waals surface area contributed by atoms with Crippen LogP contribution in [0.2, 0.25) is 0 Å². The summed E-state index contributed by atoms with van der Waals surface area (Å²) in [6.45, 7) is 33.4. The minimum Gasteiger partial charge on any atom is -0.334 e. The number of anilines is 8. The van der Waals surface area contributed by atoms with Crippen molar-refractivity contribution in [2.45, 2.75) is 155 Å². The van der Waals surface area contributed by atoms with Crippen LogP contribution >= 0.6 is 0 Å². The summed E-state index contributed by atoms with van der Waals surface area (Å²) in [5.41, 5.74) is 27.4. The Morgan fingerprint density at radius 1 is 0.354 bits per heavy atom. The second kappa shape index (κ2) is 19.0. The van der Waals surface area contributed by atoms with Gasteiger partial charge in [-0.05, 0) is 162 Å². The van der Waals surface area contributed by atoms with Crippen LogP contribution in [0.25, 0.3) is 33.4 Å². The number of fused-ring (bicyclic) bond motifs is 7. The molecule has 4 aliphatic rings. The maximum atomic E-state index is 2.84. The number of hydrogen-bond acceptors (Lipinski definition) is 3. The lowest BCUT2D eigenvalue weighted by molar-refractivity contribution is 0.195. The summed E-state index contributed by atoms with van der Waals surface area (Å²) in [6, 6.07) is 75.7. The highest BCUT2D eigenvalue weighted by Crippen LogP contribution is 2.63. The Morgan fingerprint density at radius 2 is 0.768 bits per heavy atom. The van der Waals surface area contributed by atoms with Crippen LogP contribution in [0.1, 0.15) is 150 Å². The van der Waals surface area contributed by atoms with E-state index in [1.807, 2.05) is 0 Å². The van der Waals surface area contributed by atoms with Crippen molar-refractivity contribution in [1.82, 2.24) is 0 Å². The standard InChI is InChI=1S/C78H82BN3/c1-73(2,3)55-34-39-65(60(45-55)52-28-20-16-21-29-52)80-68-44-54(51-26-18-15-19-27-51)32-37-63(68)79-64-38-33-58(76(10,11)12)48-69(64)81(66-40-35-56(74(4,5)6)46-61(66)53-30-22-17-23-31-53)71-50-59(49-70(80)72(71)79)82-67-41-36-57(75(7,8)9)47-62(67)77(13)42-24-25-43-78(77,82)14/h15-23,26-41,44-50H,24-25,42-43H2,1-14H3. The fraction of sp³-hybridized carbons (Fsp3) is 0.308. The van der Waals surface area contributed by atoms with E-state index in [9.17, 15) is 0 Å².